The maximum Gasteiger partial charge on any atom is 0.261 e. The van der Waals surface area contributed by atoms with E-state index < -0.39 is 0 Å². The molecule has 0 unspecified atom stereocenters. The van der Waals surface area contributed by atoms with Crippen LogP contribution in [0.25, 0.3) is 0 Å². The highest BCUT2D eigenvalue weighted by atomic mass is 35.5. The predicted molar refractivity (Wildman–Crippen MR) is 118 cm³/mol. The average Bonchev–Trinajstić information content (AvgIpc) is 3.04. The van der Waals surface area contributed by atoms with Crippen LogP contribution in [-0.2, 0) is 0 Å². The molecule has 0 bridgehead atoms. The summed E-state index contributed by atoms with van der Waals surface area (Å²) in [4.78, 5) is 41.4. The van der Waals surface area contributed by atoms with Gasteiger partial charge in [0.1, 0.15) is 5.75 Å². The second-order valence-corrected chi connectivity index (χ2v) is 7.41. The largest absolute Gasteiger partial charge is 0.497 e. The normalized spacial score (nSPS) is 12.6. The van der Waals surface area contributed by atoms with E-state index in [-0.39, 0.29) is 30.8 Å². The van der Waals surface area contributed by atoms with Crippen molar-refractivity contribution in [1.29, 1.82) is 0 Å². The van der Waals surface area contributed by atoms with E-state index in [1.165, 1.54) is 9.80 Å². The third kappa shape index (κ3) is 4.02. The Balaban J connectivity index is 1.62. The molecule has 31 heavy (non-hydrogen) atoms. The van der Waals surface area contributed by atoms with Crippen LogP contribution >= 0.6 is 11.6 Å². The van der Waals surface area contributed by atoms with Gasteiger partial charge in [0, 0.05) is 35.4 Å². The molecule has 6 nitrogen and oxygen atoms in total. The summed E-state index contributed by atoms with van der Waals surface area (Å²) < 4.78 is 5.29. The van der Waals surface area contributed by atoms with Crippen LogP contribution in [0, 0.1) is 0 Å². The van der Waals surface area contributed by atoms with E-state index in [4.69, 9.17) is 16.3 Å². The number of imide groups is 1. The van der Waals surface area contributed by atoms with E-state index in [0.717, 1.165) is 0 Å². The summed E-state index contributed by atoms with van der Waals surface area (Å²) in [6.45, 7) is 0.184. The zero-order valence-corrected chi connectivity index (χ0v) is 17.5. The minimum Gasteiger partial charge on any atom is -0.497 e. The minimum atomic E-state index is -0.356. The molecule has 156 valence electrons. The van der Waals surface area contributed by atoms with Crippen LogP contribution in [0.4, 0.5) is 5.69 Å². The molecule has 3 aromatic rings. The SMILES string of the molecule is COc1cccc(N(CCN2C(=O)c3ccccc3C2=O)C(=O)c2ccc(Cl)cc2)c1. The van der Waals surface area contributed by atoms with E-state index in [2.05, 4.69) is 0 Å². The van der Waals surface area contributed by atoms with Crippen LogP contribution in [0.3, 0.4) is 0 Å². The molecule has 0 fully saturated rings. The zero-order chi connectivity index (χ0) is 22.0. The van der Waals surface area contributed by atoms with E-state index in [1.807, 2.05) is 0 Å². The Kier molecular flexibility index (Phi) is 5.73. The monoisotopic (exact) mass is 434 g/mol. The highest BCUT2D eigenvalue weighted by Gasteiger charge is 2.35. The third-order valence-electron chi connectivity index (χ3n) is 5.13. The third-order valence-corrected chi connectivity index (χ3v) is 5.38. The summed E-state index contributed by atoms with van der Waals surface area (Å²) in [5, 5.41) is 0.524. The lowest BCUT2D eigenvalue weighted by Crippen LogP contribution is -2.41. The fourth-order valence-electron chi connectivity index (χ4n) is 3.52. The topological polar surface area (TPSA) is 66.9 Å². The molecule has 7 heteroatoms. The van der Waals surface area contributed by atoms with Crippen molar-refractivity contribution >= 4 is 35.0 Å². The van der Waals surface area contributed by atoms with Gasteiger partial charge in [-0.05, 0) is 48.5 Å². The number of halogens is 1. The Morgan fingerprint density at radius 3 is 2.19 bits per heavy atom. The van der Waals surface area contributed by atoms with Crippen molar-refractivity contribution in [1.82, 2.24) is 4.90 Å². The summed E-state index contributed by atoms with van der Waals surface area (Å²) in [6, 6.07) is 20.3. The summed E-state index contributed by atoms with van der Waals surface area (Å²) >= 11 is 5.95. The average molecular weight is 435 g/mol. The lowest BCUT2D eigenvalue weighted by Gasteiger charge is -2.25. The van der Waals surface area contributed by atoms with Crippen molar-refractivity contribution in [3.05, 3.63) is 94.5 Å². The molecule has 1 aliphatic rings. The number of hydrogen-bond acceptors (Lipinski definition) is 4. The summed E-state index contributed by atoms with van der Waals surface area (Å²) in [6.07, 6.45) is 0. The van der Waals surface area contributed by atoms with E-state index in [0.29, 0.717) is 33.1 Å². The maximum atomic E-state index is 13.3. The van der Waals surface area contributed by atoms with Gasteiger partial charge in [0.15, 0.2) is 0 Å². The highest BCUT2D eigenvalue weighted by molar-refractivity contribution is 6.30. The quantitative estimate of drug-likeness (QED) is 0.543. The van der Waals surface area contributed by atoms with E-state index >= 15 is 0 Å². The number of methoxy groups -OCH3 is 1. The number of hydrogen-bond donors (Lipinski definition) is 0. The number of amides is 3. The number of rotatable bonds is 6. The van der Waals surface area contributed by atoms with E-state index in [1.54, 1.807) is 79.9 Å². The molecule has 0 aliphatic carbocycles. The molecular formula is C24H19ClN2O4. The van der Waals surface area contributed by atoms with Gasteiger partial charge in [0.2, 0.25) is 0 Å². The second-order valence-electron chi connectivity index (χ2n) is 6.97. The van der Waals surface area contributed by atoms with Crippen LogP contribution < -0.4 is 9.64 Å². The fraction of sp³-hybridized carbons (Fsp3) is 0.125. The van der Waals surface area contributed by atoms with Gasteiger partial charge in [-0.1, -0.05) is 29.8 Å². The molecule has 0 aromatic heterocycles. The number of nitrogens with zero attached hydrogens (tertiary/aromatic N) is 2. The molecule has 0 atom stereocenters. The highest BCUT2D eigenvalue weighted by Crippen LogP contribution is 2.25. The van der Waals surface area contributed by atoms with Gasteiger partial charge in [0.25, 0.3) is 17.7 Å². The molecule has 0 N–H and O–H groups in total. The molecule has 1 heterocycles. The maximum absolute atomic E-state index is 13.3. The van der Waals surface area contributed by atoms with Crippen molar-refractivity contribution in [2.24, 2.45) is 0 Å². The van der Waals surface area contributed by atoms with Gasteiger partial charge in [0.05, 0.1) is 18.2 Å². The van der Waals surface area contributed by atoms with Crippen LogP contribution in [-0.4, -0.2) is 42.8 Å². The summed E-state index contributed by atoms with van der Waals surface area (Å²) in [5.41, 5.74) is 1.79. The Bertz CT molecular complexity index is 1130. The number of anilines is 1. The number of carbonyl (C=O) groups excluding carboxylic acids is 3. The van der Waals surface area contributed by atoms with E-state index in [9.17, 15) is 14.4 Å². The van der Waals surface area contributed by atoms with Crippen molar-refractivity contribution in [2.75, 3.05) is 25.1 Å². The van der Waals surface area contributed by atoms with Crippen molar-refractivity contribution in [3.63, 3.8) is 0 Å². The Labute approximate surface area is 184 Å². The molecule has 3 aromatic carbocycles. The minimum absolute atomic E-state index is 0.0584. The standard InChI is InChI=1S/C24H19ClN2O4/c1-31-19-6-4-5-18(15-19)26(22(28)16-9-11-17(25)12-10-16)13-14-27-23(29)20-7-2-3-8-21(20)24(27)30/h2-12,15H,13-14H2,1H3. The molecule has 0 saturated heterocycles. The second kappa shape index (κ2) is 8.62. The van der Waals surface area contributed by atoms with Gasteiger partial charge < -0.3 is 9.64 Å². The molecule has 4 rings (SSSR count). The first-order valence-corrected chi connectivity index (χ1v) is 10.0. The zero-order valence-electron chi connectivity index (χ0n) is 16.7. The molecular weight excluding hydrogens is 416 g/mol. The predicted octanol–water partition coefficient (Wildman–Crippen LogP) is 4.29. The van der Waals surface area contributed by atoms with Crippen LogP contribution in [0.15, 0.2) is 72.8 Å². The smallest absolute Gasteiger partial charge is 0.261 e. The van der Waals surface area contributed by atoms with Gasteiger partial charge in [-0.25, -0.2) is 0 Å². The van der Waals surface area contributed by atoms with Crippen LogP contribution in [0.2, 0.25) is 5.02 Å². The number of ether oxygens (including phenoxy) is 1. The lowest BCUT2D eigenvalue weighted by atomic mass is 10.1. The van der Waals surface area contributed by atoms with Gasteiger partial charge in [-0.2, -0.15) is 0 Å². The van der Waals surface area contributed by atoms with Crippen molar-refractivity contribution < 1.29 is 19.1 Å². The first-order valence-electron chi connectivity index (χ1n) is 9.66. The molecule has 0 spiro atoms. The first kappa shape index (κ1) is 20.6. The molecule has 0 radical (unpaired) electrons. The fourth-order valence-corrected chi connectivity index (χ4v) is 3.64. The number of fused-ring (bicyclic) bond motifs is 1. The van der Waals surface area contributed by atoms with Crippen molar-refractivity contribution in [3.8, 4) is 5.75 Å². The van der Waals surface area contributed by atoms with Gasteiger partial charge >= 0.3 is 0 Å². The van der Waals surface area contributed by atoms with Crippen LogP contribution in [0.1, 0.15) is 31.1 Å². The number of carbonyl (C=O) groups is 3. The molecule has 0 saturated carbocycles. The Morgan fingerprint density at radius 1 is 0.935 bits per heavy atom. The lowest BCUT2D eigenvalue weighted by molar-refractivity contribution is 0.0654. The van der Waals surface area contributed by atoms with Crippen LogP contribution in [0.5, 0.6) is 5.75 Å². The van der Waals surface area contributed by atoms with Crippen molar-refractivity contribution in [2.45, 2.75) is 0 Å². The van der Waals surface area contributed by atoms with Gasteiger partial charge in [-0.15, -0.1) is 0 Å². The molecule has 3 amide bonds. The molecule has 1 aliphatic heterocycles. The first-order chi connectivity index (χ1) is 15.0. The summed E-state index contributed by atoms with van der Waals surface area (Å²) in [5.74, 6) is -0.399. The summed E-state index contributed by atoms with van der Waals surface area (Å²) in [7, 11) is 1.54. The Morgan fingerprint density at radius 2 is 1.58 bits per heavy atom. The Hall–Kier alpha value is -3.64. The van der Waals surface area contributed by atoms with Gasteiger partial charge in [-0.3, -0.25) is 19.3 Å². The number of benzene rings is 3.